The Morgan fingerprint density at radius 2 is 1.24 bits per heavy atom. The Bertz CT molecular complexity index is 1330. The van der Waals surface area contributed by atoms with Gasteiger partial charge in [0.2, 0.25) is 0 Å². The van der Waals surface area contributed by atoms with Gasteiger partial charge in [-0.1, -0.05) is 154 Å². The van der Waals surface area contributed by atoms with Crippen LogP contribution in [0.15, 0.2) is 24.3 Å². The van der Waals surface area contributed by atoms with Crippen LogP contribution in [0.1, 0.15) is 200 Å². The van der Waals surface area contributed by atoms with Gasteiger partial charge in [0.25, 0.3) is 0 Å². The largest absolute Gasteiger partial charge is 0.480 e. The molecule has 1 unspecified atom stereocenters. The van der Waals surface area contributed by atoms with E-state index in [4.69, 9.17) is 24.8 Å². The van der Waals surface area contributed by atoms with Gasteiger partial charge in [-0.2, -0.15) is 0 Å². The summed E-state index contributed by atoms with van der Waals surface area (Å²) in [6, 6.07) is -1.56. The number of aliphatic hydroxyl groups is 2. The lowest BCUT2D eigenvalue weighted by atomic mass is 9.88. The monoisotopic (exact) mass is 916 g/mol. The van der Waals surface area contributed by atoms with E-state index in [0.29, 0.717) is 32.1 Å². The summed E-state index contributed by atoms with van der Waals surface area (Å²) >= 11 is 0. The number of ether oxygens (including phenoxy) is 2. The molecule has 0 bridgehead atoms. The molecule has 1 rings (SSSR count). The highest BCUT2D eigenvalue weighted by molar-refractivity contribution is 7.47. The predicted molar refractivity (Wildman–Crippen MR) is 246 cm³/mol. The van der Waals surface area contributed by atoms with Crippen molar-refractivity contribution >= 4 is 31.5 Å². The number of carboxylic acids is 1. The molecule has 0 heterocycles. The third-order valence-corrected chi connectivity index (χ3v) is 12.5. The summed E-state index contributed by atoms with van der Waals surface area (Å²) < 4.78 is 32.8. The van der Waals surface area contributed by atoms with E-state index < -0.39 is 75.8 Å². The van der Waals surface area contributed by atoms with Crippen molar-refractivity contribution in [2.75, 3.05) is 19.8 Å². The summed E-state index contributed by atoms with van der Waals surface area (Å²) in [7, 11) is -4.79. The van der Waals surface area contributed by atoms with Crippen LogP contribution in [0.4, 0.5) is 0 Å². The Morgan fingerprint density at radius 1 is 0.730 bits per heavy atom. The lowest BCUT2D eigenvalue weighted by Crippen LogP contribution is -2.34. The van der Waals surface area contributed by atoms with E-state index >= 15 is 0 Å². The molecule has 0 aliphatic heterocycles. The van der Waals surface area contributed by atoms with Crippen molar-refractivity contribution in [1.82, 2.24) is 0 Å². The predicted octanol–water partition coefficient (Wildman–Crippen LogP) is 9.99. The molecule has 1 fully saturated rings. The molecule has 0 radical (unpaired) electrons. The number of Topliss-reactive ketones (excluding diaryl/α,β-unsaturated/α-hetero) is 1. The van der Waals surface area contributed by atoms with E-state index in [0.717, 1.165) is 57.8 Å². The lowest BCUT2D eigenvalue weighted by molar-refractivity contribution is -0.161. The first-order valence-corrected chi connectivity index (χ1v) is 26.0. The molecule has 0 spiro atoms. The Hall–Kier alpha value is -2.45. The average molecular weight is 916 g/mol. The summed E-state index contributed by atoms with van der Waals surface area (Å²) in [6.45, 7) is 2.48. The van der Waals surface area contributed by atoms with Crippen molar-refractivity contribution in [1.29, 1.82) is 0 Å². The minimum absolute atomic E-state index is 0.0215. The summed E-state index contributed by atoms with van der Waals surface area (Å²) in [6.07, 6.45) is 32.8. The average Bonchev–Trinajstić information content (AvgIpc) is 3.52. The van der Waals surface area contributed by atoms with Gasteiger partial charge in [-0.25, -0.2) is 4.57 Å². The van der Waals surface area contributed by atoms with Gasteiger partial charge in [-0.15, -0.1) is 0 Å². The first-order valence-electron chi connectivity index (χ1n) is 24.5. The van der Waals surface area contributed by atoms with Gasteiger partial charge in [0.15, 0.2) is 6.10 Å². The first-order chi connectivity index (χ1) is 30.3. The van der Waals surface area contributed by atoms with E-state index in [-0.39, 0.29) is 31.0 Å². The van der Waals surface area contributed by atoms with Gasteiger partial charge < -0.3 is 35.4 Å². The van der Waals surface area contributed by atoms with Crippen LogP contribution in [-0.4, -0.2) is 88.1 Å². The van der Waals surface area contributed by atoms with Gasteiger partial charge in [0.1, 0.15) is 18.4 Å². The van der Waals surface area contributed by atoms with E-state index in [2.05, 4.69) is 30.5 Å². The van der Waals surface area contributed by atoms with Crippen LogP contribution in [0, 0.1) is 11.8 Å². The van der Waals surface area contributed by atoms with E-state index in [1.807, 2.05) is 0 Å². The first kappa shape index (κ1) is 58.6. The number of carbonyl (C=O) groups is 4. The fraction of sp³-hybridized carbons (Fsp3) is 0.833. The molecule has 1 aliphatic carbocycles. The number of carbonyl (C=O) groups excluding carboxylic acids is 3. The number of aliphatic hydroxyl groups excluding tert-OH is 2. The minimum Gasteiger partial charge on any atom is -0.480 e. The van der Waals surface area contributed by atoms with Crippen molar-refractivity contribution in [3.8, 4) is 0 Å². The Labute approximate surface area is 379 Å². The smallest absolute Gasteiger partial charge is 0.472 e. The second kappa shape index (κ2) is 37.7. The molecule has 1 aliphatic rings. The summed E-state index contributed by atoms with van der Waals surface area (Å²) in [4.78, 5) is 58.9. The van der Waals surface area contributed by atoms with Crippen molar-refractivity contribution in [2.45, 2.75) is 224 Å². The van der Waals surface area contributed by atoms with Gasteiger partial charge in [0.05, 0.1) is 25.4 Å². The zero-order valence-electron chi connectivity index (χ0n) is 38.9. The van der Waals surface area contributed by atoms with Gasteiger partial charge in [-0.05, 0) is 57.3 Å². The molecule has 63 heavy (non-hydrogen) atoms. The van der Waals surface area contributed by atoms with E-state index in [1.54, 1.807) is 12.2 Å². The van der Waals surface area contributed by atoms with Gasteiger partial charge in [-0.3, -0.25) is 28.2 Å². The molecular weight excluding hydrogens is 829 g/mol. The lowest BCUT2D eigenvalue weighted by Gasteiger charge is -2.20. The number of hydrogen-bond donors (Lipinski definition) is 5. The quantitative estimate of drug-likeness (QED) is 0.0166. The van der Waals surface area contributed by atoms with Crippen LogP contribution in [-0.2, 0) is 42.3 Å². The number of carboxylic acid groups (broad SMARTS) is 1. The van der Waals surface area contributed by atoms with Crippen molar-refractivity contribution in [2.24, 2.45) is 17.6 Å². The number of unbranched alkanes of at least 4 members (excludes halogenated alkanes) is 20. The molecular formula is C48H86NO13P. The molecule has 0 aromatic rings. The summed E-state index contributed by atoms with van der Waals surface area (Å²) in [5.74, 6) is -3.24. The maximum absolute atomic E-state index is 12.8. The standard InChI is InChI=1S/C48H86NO13P/c1-3-5-7-8-9-10-11-12-13-14-15-16-17-18-19-20-21-22-27-31-46(53)59-36-40(37-60-63(57,58)61-38-43(49)48(55)56)62-47(54)32-28-24-23-26-30-41-42(45(52)35-44(41)51)34-33-39(50)29-25-6-4-2/h12-13,33-34,39-44,50-51H,3-11,14-32,35-38,49H2,1-2H3,(H,55,56)(H,57,58)/b13-12-,34-33+/t39-,40+,41+,42+,43-,44-/m0/s1. The molecule has 7 atom stereocenters. The normalized spacial score (nSPS) is 19.1. The number of ketones is 1. The Balaban J connectivity index is 2.40. The molecule has 0 aromatic carbocycles. The fourth-order valence-corrected chi connectivity index (χ4v) is 8.45. The number of esters is 2. The topological polar surface area (TPSA) is 229 Å². The third kappa shape index (κ3) is 32.0. The van der Waals surface area contributed by atoms with E-state index in [1.165, 1.54) is 77.0 Å². The van der Waals surface area contributed by atoms with Crippen molar-refractivity contribution < 1.29 is 62.5 Å². The van der Waals surface area contributed by atoms with Gasteiger partial charge in [0, 0.05) is 25.2 Å². The number of allylic oxidation sites excluding steroid dienone is 3. The highest BCUT2D eigenvalue weighted by Gasteiger charge is 2.39. The van der Waals surface area contributed by atoms with Crippen LogP contribution in [0.25, 0.3) is 0 Å². The highest BCUT2D eigenvalue weighted by atomic mass is 31.2. The van der Waals surface area contributed by atoms with Crippen LogP contribution < -0.4 is 5.73 Å². The number of phosphoric acid groups is 1. The second-order valence-corrected chi connectivity index (χ2v) is 18.8. The van der Waals surface area contributed by atoms with Crippen LogP contribution >= 0.6 is 7.82 Å². The maximum Gasteiger partial charge on any atom is 0.472 e. The zero-order chi connectivity index (χ0) is 46.6. The summed E-state index contributed by atoms with van der Waals surface area (Å²) in [5.41, 5.74) is 5.34. The van der Waals surface area contributed by atoms with Crippen LogP contribution in [0.5, 0.6) is 0 Å². The zero-order valence-corrected chi connectivity index (χ0v) is 39.8. The Morgan fingerprint density at radius 3 is 1.83 bits per heavy atom. The fourth-order valence-electron chi connectivity index (χ4n) is 7.67. The number of rotatable bonds is 42. The molecule has 6 N–H and O–H groups in total. The number of nitrogens with two attached hydrogens (primary N) is 1. The molecule has 0 amide bonds. The highest BCUT2D eigenvalue weighted by Crippen LogP contribution is 2.43. The second-order valence-electron chi connectivity index (χ2n) is 17.4. The SMILES string of the molecule is CCCCCCCC/C=C\CCCCCCCCCCCC(=O)OC[C@H](COP(=O)(O)OC[C@H](N)C(=O)O)OC(=O)CCCCCC[C@H]1[C@@H](O)CC(=O)[C@@H]1/C=C/[C@@H](O)CCCCC. The van der Waals surface area contributed by atoms with Crippen molar-refractivity contribution in [3.05, 3.63) is 24.3 Å². The molecule has 0 aromatic heterocycles. The minimum atomic E-state index is -4.79. The number of hydrogen-bond acceptors (Lipinski definition) is 12. The van der Waals surface area contributed by atoms with Gasteiger partial charge >= 0.3 is 25.7 Å². The summed E-state index contributed by atoms with van der Waals surface area (Å²) in [5, 5.41) is 29.7. The van der Waals surface area contributed by atoms with Crippen LogP contribution in [0.2, 0.25) is 0 Å². The van der Waals surface area contributed by atoms with Crippen molar-refractivity contribution in [3.63, 3.8) is 0 Å². The molecule has 0 saturated heterocycles. The molecule has 366 valence electrons. The molecule has 15 heteroatoms. The molecule has 1 saturated carbocycles. The number of phosphoric ester groups is 1. The maximum atomic E-state index is 12.8. The third-order valence-electron chi connectivity index (χ3n) is 11.6. The van der Waals surface area contributed by atoms with Crippen LogP contribution in [0.3, 0.4) is 0 Å². The van der Waals surface area contributed by atoms with E-state index in [9.17, 15) is 38.8 Å². The number of aliphatic carboxylic acids is 1. The Kier molecular flexibility index (Phi) is 35.1. The molecule has 14 nitrogen and oxygen atoms in total.